The summed E-state index contributed by atoms with van der Waals surface area (Å²) in [5.74, 6) is -1.50. The number of aromatic amines is 1. The highest BCUT2D eigenvalue weighted by Crippen LogP contribution is 2.32. The number of carbonyl (C=O) groups excluding carboxylic acids is 1. The van der Waals surface area contributed by atoms with E-state index in [4.69, 9.17) is 14.2 Å². The van der Waals surface area contributed by atoms with E-state index in [-0.39, 0.29) is 34.7 Å². The largest absolute Gasteiger partial charge is 0.494 e. The maximum Gasteiger partial charge on any atom is 0.272 e. The number of benzene rings is 1. The molecule has 0 atom stereocenters. The van der Waals surface area contributed by atoms with Crippen molar-refractivity contribution in [3.63, 3.8) is 0 Å². The molecule has 0 bridgehead atoms. The van der Waals surface area contributed by atoms with Crippen LogP contribution in [0.1, 0.15) is 16.1 Å². The summed E-state index contributed by atoms with van der Waals surface area (Å²) in [6, 6.07) is 2.69. The molecule has 11 nitrogen and oxygen atoms in total. The molecule has 1 aliphatic heterocycles. The maximum absolute atomic E-state index is 14.5. The molecule has 34 heavy (non-hydrogen) atoms. The molecule has 3 N–H and O–H groups in total. The molecule has 0 unspecified atom stereocenters. The van der Waals surface area contributed by atoms with Gasteiger partial charge in [-0.25, -0.2) is 18.7 Å². The second-order valence-electron chi connectivity index (χ2n) is 7.25. The molecule has 0 radical (unpaired) electrons. The number of carbonyl (C=O) groups is 1. The average molecular weight is 475 g/mol. The lowest BCUT2D eigenvalue weighted by Gasteiger charge is -2.26. The molecule has 4 rings (SSSR count). The molecule has 0 spiro atoms. The van der Waals surface area contributed by atoms with Crippen LogP contribution in [0, 0.1) is 11.6 Å². The van der Waals surface area contributed by atoms with Crippen LogP contribution < -0.4 is 24.8 Å². The Bertz CT molecular complexity index is 1120. The zero-order chi connectivity index (χ0) is 24.1. The molecule has 1 aromatic carbocycles. The minimum absolute atomic E-state index is 0.139. The Morgan fingerprint density at radius 2 is 1.74 bits per heavy atom. The second kappa shape index (κ2) is 10.3. The highest BCUT2D eigenvalue weighted by Gasteiger charge is 2.21. The number of rotatable bonds is 8. The Morgan fingerprint density at radius 1 is 1.09 bits per heavy atom. The van der Waals surface area contributed by atoms with E-state index in [1.54, 1.807) is 11.0 Å². The second-order valence-corrected chi connectivity index (χ2v) is 7.25. The first-order chi connectivity index (χ1) is 16.5. The number of ether oxygens (including phenoxy) is 3. The maximum atomic E-state index is 14.5. The third-order valence-electron chi connectivity index (χ3n) is 5.13. The van der Waals surface area contributed by atoms with Gasteiger partial charge in [0, 0.05) is 38.3 Å². The first-order valence-corrected chi connectivity index (χ1v) is 10.4. The number of amides is 1. The molecular formula is C21H23F2N7O4. The molecule has 3 aromatic rings. The van der Waals surface area contributed by atoms with Crippen LogP contribution in [0.2, 0.25) is 0 Å². The third kappa shape index (κ3) is 4.98. The Labute approximate surface area is 193 Å². The summed E-state index contributed by atoms with van der Waals surface area (Å²) in [5, 5.41) is 12.8. The summed E-state index contributed by atoms with van der Waals surface area (Å²) in [5.41, 5.74) is -0.00117. The highest BCUT2D eigenvalue weighted by atomic mass is 19.1. The van der Waals surface area contributed by atoms with Gasteiger partial charge in [0.25, 0.3) is 5.91 Å². The van der Waals surface area contributed by atoms with Gasteiger partial charge in [-0.2, -0.15) is 5.10 Å². The lowest BCUT2D eigenvalue weighted by Crippen LogP contribution is -2.46. The summed E-state index contributed by atoms with van der Waals surface area (Å²) < 4.78 is 44.2. The van der Waals surface area contributed by atoms with Crippen molar-refractivity contribution in [1.82, 2.24) is 30.4 Å². The van der Waals surface area contributed by atoms with Crippen LogP contribution in [0.5, 0.6) is 17.2 Å². The molecule has 180 valence electrons. The van der Waals surface area contributed by atoms with E-state index in [1.165, 1.54) is 26.6 Å². The lowest BCUT2D eigenvalue weighted by atomic mass is 10.1. The molecule has 2 aromatic heterocycles. The van der Waals surface area contributed by atoms with E-state index in [9.17, 15) is 13.6 Å². The number of hydrogen-bond acceptors (Lipinski definition) is 9. The van der Waals surface area contributed by atoms with Gasteiger partial charge in [-0.3, -0.25) is 9.89 Å². The summed E-state index contributed by atoms with van der Waals surface area (Å²) in [4.78, 5) is 22.4. The molecule has 3 heterocycles. The van der Waals surface area contributed by atoms with Crippen molar-refractivity contribution < 1.29 is 27.8 Å². The fraction of sp³-hybridized carbons (Fsp3) is 0.333. The van der Waals surface area contributed by atoms with Crippen molar-refractivity contribution in [2.24, 2.45) is 0 Å². The Balaban J connectivity index is 1.38. The first kappa shape index (κ1) is 23.2. The standard InChI is InChI=1S/C21H23F2N7O4/c1-32-15-8-16(33-2)19(23)13(18(15)22)11-34-12-9-25-21(26-10-12)27-17-7-14(28-29-17)20(31)30-5-3-24-4-6-30/h7-10,24H,3-6,11H2,1-2H3,(H2,25,26,27,28,29). The SMILES string of the molecule is COc1cc(OC)c(F)c(COc2cnc(Nc3cc(C(=O)N4CCNCC4)[nH]n3)nc2)c1F. The number of aromatic nitrogens is 4. The molecule has 1 aliphatic rings. The van der Waals surface area contributed by atoms with Crippen LogP contribution in [0.4, 0.5) is 20.5 Å². The van der Waals surface area contributed by atoms with Crippen LogP contribution in [-0.2, 0) is 6.61 Å². The molecule has 0 saturated carbocycles. The predicted molar refractivity (Wildman–Crippen MR) is 116 cm³/mol. The number of anilines is 2. The van der Waals surface area contributed by atoms with Crippen LogP contribution >= 0.6 is 0 Å². The van der Waals surface area contributed by atoms with Crippen molar-refractivity contribution in [2.45, 2.75) is 6.61 Å². The Hall–Kier alpha value is -4.00. The highest BCUT2D eigenvalue weighted by molar-refractivity contribution is 5.93. The summed E-state index contributed by atoms with van der Waals surface area (Å²) in [6.07, 6.45) is 2.67. The molecule has 1 saturated heterocycles. The molecule has 0 aliphatic carbocycles. The van der Waals surface area contributed by atoms with E-state index in [1.807, 2.05) is 0 Å². The zero-order valence-electron chi connectivity index (χ0n) is 18.5. The quantitative estimate of drug-likeness (QED) is 0.447. The van der Waals surface area contributed by atoms with Crippen molar-refractivity contribution in [3.8, 4) is 17.2 Å². The Kier molecular flexibility index (Phi) is 7.01. The van der Waals surface area contributed by atoms with Gasteiger partial charge in [-0.05, 0) is 0 Å². The van der Waals surface area contributed by atoms with Gasteiger partial charge in [0.2, 0.25) is 5.95 Å². The van der Waals surface area contributed by atoms with E-state index in [0.717, 1.165) is 19.2 Å². The van der Waals surface area contributed by atoms with Gasteiger partial charge in [-0.1, -0.05) is 0 Å². The molecular weight excluding hydrogens is 452 g/mol. The van der Waals surface area contributed by atoms with E-state index >= 15 is 0 Å². The zero-order valence-corrected chi connectivity index (χ0v) is 18.5. The topological polar surface area (TPSA) is 127 Å². The number of nitrogens with zero attached hydrogens (tertiary/aromatic N) is 4. The van der Waals surface area contributed by atoms with Crippen LogP contribution in [0.15, 0.2) is 24.5 Å². The number of hydrogen-bond donors (Lipinski definition) is 3. The summed E-state index contributed by atoms with van der Waals surface area (Å²) >= 11 is 0. The van der Waals surface area contributed by atoms with Crippen molar-refractivity contribution in [3.05, 3.63) is 47.4 Å². The smallest absolute Gasteiger partial charge is 0.272 e. The van der Waals surface area contributed by atoms with E-state index in [0.29, 0.717) is 24.6 Å². The summed E-state index contributed by atoms with van der Waals surface area (Å²) in [7, 11) is 2.53. The number of nitrogens with one attached hydrogen (secondary N) is 3. The van der Waals surface area contributed by atoms with Crippen molar-refractivity contribution >= 4 is 17.7 Å². The number of H-pyrrole nitrogens is 1. The number of piperazine rings is 1. The summed E-state index contributed by atoms with van der Waals surface area (Å²) in [6.45, 7) is 2.32. The van der Waals surface area contributed by atoms with Gasteiger partial charge in [0.1, 0.15) is 12.3 Å². The van der Waals surface area contributed by atoms with E-state index < -0.39 is 18.2 Å². The minimum Gasteiger partial charge on any atom is -0.494 e. The van der Waals surface area contributed by atoms with Gasteiger partial charge in [0.15, 0.2) is 34.7 Å². The predicted octanol–water partition coefficient (Wildman–Crippen LogP) is 1.86. The lowest BCUT2D eigenvalue weighted by molar-refractivity contribution is 0.0730. The number of methoxy groups -OCH3 is 2. The monoisotopic (exact) mass is 475 g/mol. The van der Waals surface area contributed by atoms with Gasteiger partial charge < -0.3 is 29.7 Å². The first-order valence-electron chi connectivity index (χ1n) is 10.4. The minimum atomic E-state index is -0.885. The van der Waals surface area contributed by atoms with Crippen LogP contribution in [0.25, 0.3) is 0 Å². The van der Waals surface area contributed by atoms with Crippen LogP contribution in [-0.4, -0.2) is 71.4 Å². The average Bonchev–Trinajstić information content (AvgIpc) is 3.33. The van der Waals surface area contributed by atoms with Gasteiger partial charge in [0.05, 0.1) is 32.2 Å². The fourth-order valence-electron chi connectivity index (χ4n) is 3.32. The van der Waals surface area contributed by atoms with Crippen LogP contribution in [0.3, 0.4) is 0 Å². The molecule has 13 heteroatoms. The van der Waals surface area contributed by atoms with Gasteiger partial charge >= 0.3 is 0 Å². The Morgan fingerprint density at radius 3 is 2.35 bits per heavy atom. The van der Waals surface area contributed by atoms with Crippen molar-refractivity contribution in [1.29, 1.82) is 0 Å². The van der Waals surface area contributed by atoms with Gasteiger partial charge in [-0.15, -0.1) is 0 Å². The normalized spacial score (nSPS) is 13.5. The van der Waals surface area contributed by atoms with E-state index in [2.05, 4.69) is 30.8 Å². The third-order valence-corrected chi connectivity index (χ3v) is 5.13. The molecule has 1 fully saturated rings. The fourth-order valence-corrected chi connectivity index (χ4v) is 3.32. The molecule has 1 amide bonds. The van der Waals surface area contributed by atoms with Crippen molar-refractivity contribution in [2.75, 3.05) is 45.7 Å². The number of halogens is 2.